The number of alkyl halides is 3. The van der Waals surface area contributed by atoms with Crippen molar-refractivity contribution in [2.45, 2.75) is 44.9 Å². The van der Waals surface area contributed by atoms with Crippen molar-refractivity contribution in [1.29, 1.82) is 5.26 Å². The average molecular weight is 343 g/mol. The number of hydrogen-bond acceptors (Lipinski definition) is 4. The van der Waals surface area contributed by atoms with Gasteiger partial charge in [0, 0.05) is 25.6 Å². The second-order valence-corrected chi connectivity index (χ2v) is 5.68. The molecule has 1 aromatic rings. The Morgan fingerprint density at radius 2 is 2.08 bits per heavy atom. The standard InChI is InChI=1S/C15H16F3N3O3/c1-8-12(5-11(6-19)24-8)14(23)21-7-10(20-9(2)22)3-4-13(21)15(16,17)18/h5,10,13H,3-4,7H2,1-2H3,(H,20,22). The lowest BCUT2D eigenvalue weighted by Gasteiger charge is -2.40. The molecule has 2 rings (SSSR count). The van der Waals surface area contributed by atoms with E-state index in [2.05, 4.69) is 5.32 Å². The zero-order valence-electron chi connectivity index (χ0n) is 13.1. The molecule has 6 nitrogen and oxygen atoms in total. The number of rotatable bonds is 2. The first-order valence-electron chi connectivity index (χ1n) is 7.28. The fourth-order valence-electron chi connectivity index (χ4n) is 2.85. The van der Waals surface area contributed by atoms with Crippen molar-refractivity contribution in [3.8, 4) is 6.07 Å². The van der Waals surface area contributed by atoms with Crippen LogP contribution in [0.1, 0.15) is 41.6 Å². The highest BCUT2D eigenvalue weighted by Crippen LogP contribution is 2.33. The lowest BCUT2D eigenvalue weighted by Crippen LogP contribution is -2.58. The highest BCUT2D eigenvalue weighted by Gasteiger charge is 2.48. The number of nitrogens with one attached hydrogen (secondary N) is 1. The summed E-state index contributed by atoms with van der Waals surface area (Å²) in [7, 11) is 0. The van der Waals surface area contributed by atoms with Crippen LogP contribution in [0.15, 0.2) is 10.5 Å². The van der Waals surface area contributed by atoms with Gasteiger partial charge in [-0.3, -0.25) is 9.59 Å². The molecule has 0 radical (unpaired) electrons. The number of carbonyl (C=O) groups excluding carboxylic acids is 2. The van der Waals surface area contributed by atoms with Crippen LogP contribution in [0.4, 0.5) is 13.2 Å². The van der Waals surface area contributed by atoms with Gasteiger partial charge in [-0.25, -0.2) is 0 Å². The van der Waals surface area contributed by atoms with Crippen LogP contribution in [-0.2, 0) is 4.79 Å². The maximum absolute atomic E-state index is 13.3. The summed E-state index contributed by atoms with van der Waals surface area (Å²) in [5.74, 6) is -1.30. The van der Waals surface area contributed by atoms with Gasteiger partial charge < -0.3 is 14.6 Å². The van der Waals surface area contributed by atoms with E-state index in [1.807, 2.05) is 0 Å². The van der Waals surface area contributed by atoms with Crippen molar-refractivity contribution in [3.05, 3.63) is 23.2 Å². The van der Waals surface area contributed by atoms with Gasteiger partial charge in [-0.05, 0) is 19.8 Å². The topological polar surface area (TPSA) is 86.3 Å². The van der Waals surface area contributed by atoms with Crippen LogP contribution in [-0.4, -0.2) is 41.5 Å². The van der Waals surface area contributed by atoms with E-state index >= 15 is 0 Å². The van der Waals surface area contributed by atoms with Gasteiger partial charge in [-0.1, -0.05) is 0 Å². The Labute approximate surface area is 136 Å². The minimum atomic E-state index is -4.58. The van der Waals surface area contributed by atoms with Crippen molar-refractivity contribution in [3.63, 3.8) is 0 Å². The van der Waals surface area contributed by atoms with Crippen LogP contribution in [0.5, 0.6) is 0 Å². The Bertz CT molecular complexity index is 690. The van der Waals surface area contributed by atoms with E-state index in [-0.39, 0.29) is 42.4 Å². The number of nitrogens with zero attached hydrogens (tertiary/aromatic N) is 2. The maximum Gasteiger partial charge on any atom is 0.408 e. The molecule has 1 aliphatic heterocycles. The summed E-state index contributed by atoms with van der Waals surface area (Å²) in [5, 5.41) is 11.3. The van der Waals surface area contributed by atoms with Crippen molar-refractivity contribution in [1.82, 2.24) is 10.2 Å². The van der Waals surface area contributed by atoms with Gasteiger partial charge >= 0.3 is 6.18 Å². The van der Waals surface area contributed by atoms with Crippen LogP contribution >= 0.6 is 0 Å². The van der Waals surface area contributed by atoms with Crippen molar-refractivity contribution in [2.75, 3.05) is 6.54 Å². The highest BCUT2D eigenvalue weighted by molar-refractivity contribution is 5.96. The Balaban J connectivity index is 2.32. The third-order valence-electron chi connectivity index (χ3n) is 3.89. The summed E-state index contributed by atoms with van der Waals surface area (Å²) in [6.07, 6.45) is -4.75. The lowest BCUT2D eigenvalue weighted by atomic mass is 9.96. The Morgan fingerprint density at radius 3 is 2.58 bits per heavy atom. The number of nitriles is 1. The average Bonchev–Trinajstić information content (AvgIpc) is 2.85. The molecule has 0 saturated carbocycles. The first-order valence-corrected chi connectivity index (χ1v) is 7.28. The van der Waals surface area contributed by atoms with E-state index in [4.69, 9.17) is 9.68 Å². The Morgan fingerprint density at radius 1 is 1.42 bits per heavy atom. The number of carbonyl (C=O) groups is 2. The van der Waals surface area contributed by atoms with Crippen molar-refractivity contribution >= 4 is 11.8 Å². The van der Waals surface area contributed by atoms with Crippen LogP contribution in [0, 0.1) is 18.3 Å². The van der Waals surface area contributed by atoms with Gasteiger partial charge in [0.2, 0.25) is 11.7 Å². The molecule has 1 N–H and O–H groups in total. The molecule has 24 heavy (non-hydrogen) atoms. The minimum Gasteiger partial charge on any atom is -0.450 e. The first kappa shape index (κ1) is 17.8. The summed E-state index contributed by atoms with van der Waals surface area (Å²) in [5.41, 5.74) is -0.0794. The van der Waals surface area contributed by atoms with Gasteiger partial charge in [-0.15, -0.1) is 0 Å². The molecule has 1 aromatic heterocycles. The third-order valence-corrected chi connectivity index (χ3v) is 3.89. The molecule has 9 heteroatoms. The normalized spacial score (nSPS) is 21.2. The van der Waals surface area contributed by atoms with Gasteiger partial charge in [0.15, 0.2) is 0 Å². The molecule has 0 bridgehead atoms. The molecule has 130 valence electrons. The van der Waals surface area contributed by atoms with Crippen molar-refractivity contribution < 1.29 is 27.2 Å². The van der Waals surface area contributed by atoms with E-state index in [0.717, 1.165) is 6.07 Å². The van der Waals surface area contributed by atoms with Gasteiger partial charge in [0.1, 0.15) is 17.9 Å². The summed E-state index contributed by atoms with van der Waals surface area (Å²) in [6.45, 7) is 2.42. The summed E-state index contributed by atoms with van der Waals surface area (Å²) in [4.78, 5) is 24.4. The number of furan rings is 1. The SMILES string of the molecule is CC(=O)NC1CCC(C(F)(F)F)N(C(=O)c2cc(C#N)oc2C)C1. The zero-order chi connectivity index (χ0) is 18.1. The molecule has 2 unspecified atom stereocenters. The molecule has 1 aliphatic rings. The third kappa shape index (κ3) is 3.69. The van der Waals surface area contributed by atoms with E-state index in [1.54, 1.807) is 6.07 Å². The molecule has 2 amide bonds. The molecule has 0 spiro atoms. The number of likely N-dealkylation sites (tertiary alicyclic amines) is 1. The van der Waals surface area contributed by atoms with Crippen LogP contribution in [0.2, 0.25) is 0 Å². The summed E-state index contributed by atoms with van der Waals surface area (Å²) < 4.78 is 44.8. The van der Waals surface area contributed by atoms with Gasteiger partial charge in [0.25, 0.3) is 5.91 Å². The Kier molecular flexibility index (Phi) is 4.87. The fraction of sp³-hybridized carbons (Fsp3) is 0.533. The van der Waals surface area contributed by atoms with Gasteiger partial charge in [-0.2, -0.15) is 18.4 Å². The minimum absolute atomic E-state index is 0.0794. The van der Waals surface area contributed by atoms with E-state index in [1.165, 1.54) is 13.8 Å². The quantitative estimate of drug-likeness (QED) is 0.891. The maximum atomic E-state index is 13.3. The number of halogens is 3. The van der Waals surface area contributed by atoms with E-state index in [9.17, 15) is 22.8 Å². The number of aryl methyl sites for hydroxylation is 1. The predicted octanol–water partition coefficient (Wildman–Crippen LogP) is 2.13. The number of piperidine rings is 1. The molecule has 0 aromatic carbocycles. The van der Waals surface area contributed by atoms with Crippen LogP contribution < -0.4 is 5.32 Å². The molecule has 2 atom stereocenters. The summed E-state index contributed by atoms with van der Waals surface area (Å²) in [6, 6.07) is 0.354. The zero-order valence-corrected chi connectivity index (χ0v) is 13.1. The summed E-state index contributed by atoms with van der Waals surface area (Å²) >= 11 is 0. The van der Waals surface area contributed by atoms with Crippen molar-refractivity contribution in [2.24, 2.45) is 0 Å². The molecule has 2 heterocycles. The first-order chi connectivity index (χ1) is 11.1. The van der Waals surface area contributed by atoms with Crippen LogP contribution in [0.25, 0.3) is 0 Å². The smallest absolute Gasteiger partial charge is 0.408 e. The molecular formula is C15H16F3N3O3. The predicted molar refractivity (Wildman–Crippen MR) is 75.9 cm³/mol. The number of hydrogen-bond donors (Lipinski definition) is 1. The van der Waals surface area contributed by atoms with Crippen LogP contribution in [0.3, 0.4) is 0 Å². The van der Waals surface area contributed by atoms with Gasteiger partial charge in [0.05, 0.1) is 5.56 Å². The second-order valence-electron chi connectivity index (χ2n) is 5.68. The lowest BCUT2D eigenvalue weighted by molar-refractivity contribution is -0.184. The van der Waals surface area contributed by atoms with E-state index < -0.39 is 24.2 Å². The Hall–Kier alpha value is -2.50. The molecule has 1 saturated heterocycles. The van der Waals surface area contributed by atoms with E-state index in [0.29, 0.717) is 4.90 Å². The second kappa shape index (κ2) is 6.55. The molecule has 1 fully saturated rings. The monoisotopic (exact) mass is 343 g/mol. The highest BCUT2D eigenvalue weighted by atomic mass is 19.4. The molecular weight excluding hydrogens is 327 g/mol. The fourth-order valence-corrected chi connectivity index (χ4v) is 2.85. The number of amides is 2. The molecule has 0 aliphatic carbocycles. The largest absolute Gasteiger partial charge is 0.450 e.